The van der Waals surface area contributed by atoms with Gasteiger partial charge in [-0.1, -0.05) is 83.3 Å². The Morgan fingerprint density at radius 3 is 2.17 bits per heavy atom. The van der Waals surface area contributed by atoms with Crippen LogP contribution in [0.25, 0.3) is 0 Å². The predicted octanol–water partition coefficient (Wildman–Crippen LogP) is 8.90. The highest BCUT2D eigenvalue weighted by Gasteiger charge is 2.36. The summed E-state index contributed by atoms with van der Waals surface area (Å²) >= 11 is 0. The largest absolute Gasteiger partial charge is 0.207 e. The maximum Gasteiger partial charge on any atom is 0.123 e. The summed E-state index contributed by atoms with van der Waals surface area (Å²) in [4.78, 5) is 0. The van der Waals surface area contributed by atoms with E-state index in [4.69, 9.17) is 0 Å². The van der Waals surface area contributed by atoms with Crippen LogP contribution in [0.1, 0.15) is 115 Å². The van der Waals surface area contributed by atoms with Crippen LogP contribution >= 0.6 is 0 Å². The quantitative estimate of drug-likeness (QED) is 0.430. The number of benzene rings is 1. The highest BCUT2D eigenvalue weighted by molar-refractivity contribution is 5.21. The highest BCUT2D eigenvalue weighted by Crippen LogP contribution is 2.49. The van der Waals surface area contributed by atoms with Crippen molar-refractivity contribution >= 4 is 0 Å². The molecular weight excluding hydrogens is 355 g/mol. The standard InChI is InChI=1S/C28H43F/c1-2-3-5-21-8-10-22(11-9-21)12-13-23-14-15-26-19-27(17-16-25(26)18-23)24-6-4-7-28(29)20-24/h4,6-7,20-23,25-27H,2-3,5,8-19H2,1H3. The molecule has 0 bridgehead atoms. The fourth-order valence-electron chi connectivity index (χ4n) is 7.08. The van der Waals surface area contributed by atoms with Gasteiger partial charge >= 0.3 is 0 Å². The first-order valence-electron chi connectivity index (χ1n) is 13.0. The third-order valence-electron chi connectivity index (χ3n) is 8.96. The van der Waals surface area contributed by atoms with Crippen molar-refractivity contribution in [3.05, 3.63) is 35.6 Å². The molecular formula is C28H43F. The van der Waals surface area contributed by atoms with E-state index in [0.29, 0.717) is 5.92 Å². The van der Waals surface area contributed by atoms with Gasteiger partial charge in [0.1, 0.15) is 5.82 Å². The summed E-state index contributed by atoms with van der Waals surface area (Å²) < 4.78 is 13.6. The van der Waals surface area contributed by atoms with E-state index in [1.165, 1.54) is 102 Å². The van der Waals surface area contributed by atoms with Crippen molar-refractivity contribution in [1.82, 2.24) is 0 Å². The summed E-state index contributed by atoms with van der Waals surface area (Å²) in [6, 6.07) is 7.41. The van der Waals surface area contributed by atoms with Gasteiger partial charge in [-0.25, -0.2) is 4.39 Å². The lowest BCUT2D eigenvalue weighted by Gasteiger charge is -2.42. The summed E-state index contributed by atoms with van der Waals surface area (Å²) in [7, 11) is 0. The Morgan fingerprint density at radius 1 is 0.759 bits per heavy atom. The van der Waals surface area contributed by atoms with Gasteiger partial charge in [0.15, 0.2) is 0 Å². The predicted molar refractivity (Wildman–Crippen MR) is 122 cm³/mol. The smallest absolute Gasteiger partial charge is 0.123 e. The van der Waals surface area contributed by atoms with Gasteiger partial charge in [-0.05, 0) is 85.3 Å². The van der Waals surface area contributed by atoms with Crippen molar-refractivity contribution < 1.29 is 4.39 Å². The Hall–Kier alpha value is -0.850. The number of hydrogen-bond acceptors (Lipinski definition) is 0. The SMILES string of the molecule is CCCCC1CCC(CCC2CCC3CC(c4cccc(F)c4)CCC3C2)CC1. The summed E-state index contributed by atoms with van der Waals surface area (Å²) in [6.07, 6.45) is 21.7. The van der Waals surface area contributed by atoms with Gasteiger partial charge in [-0.3, -0.25) is 0 Å². The van der Waals surface area contributed by atoms with E-state index in [9.17, 15) is 4.39 Å². The molecule has 0 spiro atoms. The van der Waals surface area contributed by atoms with Crippen molar-refractivity contribution in [2.24, 2.45) is 29.6 Å². The van der Waals surface area contributed by atoms with Crippen molar-refractivity contribution in [2.45, 2.75) is 109 Å². The van der Waals surface area contributed by atoms with Gasteiger partial charge in [0.05, 0.1) is 0 Å². The molecule has 4 unspecified atom stereocenters. The minimum absolute atomic E-state index is 0.0623. The van der Waals surface area contributed by atoms with Crippen LogP contribution in [0, 0.1) is 35.4 Å². The average Bonchev–Trinajstić information content (AvgIpc) is 2.76. The van der Waals surface area contributed by atoms with E-state index in [1.807, 2.05) is 6.07 Å². The molecule has 3 aliphatic carbocycles. The van der Waals surface area contributed by atoms with Gasteiger partial charge in [0.25, 0.3) is 0 Å². The molecule has 1 aromatic carbocycles. The number of halogens is 1. The van der Waals surface area contributed by atoms with E-state index in [0.717, 1.165) is 29.6 Å². The lowest BCUT2D eigenvalue weighted by Crippen LogP contribution is -2.30. The molecule has 3 saturated carbocycles. The van der Waals surface area contributed by atoms with E-state index >= 15 is 0 Å². The second kappa shape index (κ2) is 10.5. The summed E-state index contributed by atoms with van der Waals surface area (Å²) in [5.41, 5.74) is 1.25. The second-order valence-electron chi connectivity index (χ2n) is 10.9. The van der Waals surface area contributed by atoms with Gasteiger partial charge in [0, 0.05) is 0 Å². The molecule has 3 aliphatic rings. The van der Waals surface area contributed by atoms with Crippen molar-refractivity contribution in [1.29, 1.82) is 0 Å². The van der Waals surface area contributed by atoms with Crippen LogP contribution < -0.4 is 0 Å². The van der Waals surface area contributed by atoms with Crippen LogP contribution in [0.2, 0.25) is 0 Å². The number of unbranched alkanes of at least 4 members (excludes halogenated alkanes) is 1. The molecule has 0 nitrogen and oxygen atoms in total. The molecule has 0 heterocycles. The van der Waals surface area contributed by atoms with Crippen LogP contribution in [0.3, 0.4) is 0 Å². The first kappa shape index (κ1) is 21.4. The molecule has 4 rings (SSSR count). The highest BCUT2D eigenvalue weighted by atomic mass is 19.1. The normalized spacial score (nSPS) is 35.2. The third kappa shape index (κ3) is 5.86. The molecule has 4 atom stereocenters. The molecule has 1 heteroatoms. The second-order valence-corrected chi connectivity index (χ2v) is 10.9. The Morgan fingerprint density at radius 2 is 1.41 bits per heavy atom. The van der Waals surface area contributed by atoms with E-state index < -0.39 is 0 Å². The lowest BCUT2D eigenvalue weighted by atomic mass is 9.63. The molecule has 29 heavy (non-hydrogen) atoms. The summed E-state index contributed by atoms with van der Waals surface area (Å²) in [6.45, 7) is 2.33. The maximum atomic E-state index is 13.6. The van der Waals surface area contributed by atoms with E-state index in [1.54, 1.807) is 12.1 Å². The Labute approximate surface area is 179 Å². The Bertz CT molecular complexity index is 614. The molecule has 0 amide bonds. The van der Waals surface area contributed by atoms with Crippen LogP contribution in [0.5, 0.6) is 0 Å². The fraction of sp³-hybridized carbons (Fsp3) is 0.786. The van der Waals surface area contributed by atoms with Crippen molar-refractivity contribution in [2.75, 3.05) is 0 Å². The Balaban J connectivity index is 1.18. The van der Waals surface area contributed by atoms with E-state index in [2.05, 4.69) is 13.0 Å². The lowest BCUT2D eigenvalue weighted by molar-refractivity contribution is 0.108. The summed E-state index contributed by atoms with van der Waals surface area (Å²) in [5.74, 6) is 5.49. The Kier molecular flexibility index (Phi) is 7.71. The zero-order valence-corrected chi connectivity index (χ0v) is 18.8. The first-order valence-corrected chi connectivity index (χ1v) is 13.0. The molecule has 0 saturated heterocycles. The molecule has 0 aliphatic heterocycles. The van der Waals surface area contributed by atoms with Gasteiger partial charge in [0.2, 0.25) is 0 Å². The van der Waals surface area contributed by atoms with Crippen LogP contribution in [-0.4, -0.2) is 0 Å². The summed E-state index contributed by atoms with van der Waals surface area (Å²) in [5, 5.41) is 0. The van der Waals surface area contributed by atoms with Crippen LogP contribution in [-0.2, 0) is 0 Å². The van der Waals surface area contributed by atoms with Gasteiger partial charge in [-0.2, -0.15) is 0 Å². The average molecular weight is 399 g/mol. The third-order valence-corrected chi connectivity index (χ3v) is 8.96. The molecule has 0 radical (unpaired) electrons. The molecule has 0 N–H and O–H groups in total. The van der Waals surface area contributed by atoms with Gasteiger partial charge < -0.3 is 0 Å². The van der Waals surface area contributed by atoms with Gasteiger partial charge in [-0.15, -0.1) is 0 Å². The monoisotopic (exact) mass is 398 g/mol. The molecule has 3 fully saturated rings. The zero-order valence-electron chi connectivity index (χ0n) is 18.8. The molecule has 1 aromatic rings. The maximum absolute atomic E-state index is 13.6. The number of fused-ring (bicyclic) bond motifs is 1. The number of rotatable bonds is 7. The fourth-order valence-corrected chi connectivity index (χ4v) is 7.08. The minimum Gasteiger partial charge on any atom is -0.207 e. The minimum atomic E-state index is -0.0623. The first-order chi connectivity index (χ1) is 14.2. The van der Waals surface area contributed by atoms with E-state index in [-0.39, 0.29) is 5.82 Å². The van der Waals surface area contributed by atoms with Crippen molar-refractivity contribution in [3.8, 4) is 0 Å². The molecule has 0 aromatic heterocycles. The van der Waals surface area contributed by atoms with Crippen molar-refractivity contribution in [3.63, 3.8) is 0 Å². The molecule has 162 valence electrons. The topological polar surface area (TPSA) is 0 Å². The van der Waals surface area contributed by atoms with Crippen LogP contribution in [0.15, 0.2) is 24.3 Å². The van der Waals surface area contributed by atoms with Crippen LogP contribution in [0.4, 0.5) is 4.39 Å². The zero-order chi connectivity index (χ0) is 20.1. The number of hydrogen-bond donors (Lipinski definition) is 0.